The van der Waals surface area contributed by atoms with E-state index in [9.17, 15) is 9.59 Å². The van der Waals surface area contributed by atoms with Crippen LogP contribution in [0.4, 0.5) is 5.82 Å². The molecule has 0 aromatic carbocycles. The van der Waals surface area contributed by atoms with E-state index in [4.69, 9.17) is 0 Å². The summed E-state index contributed by atoms with van der Waals surface area (Å²) in [6, 6.07) is 9.34. The van der Waals surface area contributed by atoms with Gasteiger partial charge in [-0.25, -0.2) is 4.98 Å². The van der Waals surface area contributed by atoms with E-state index in [0.29, 0.717) is 31.5 Å². The van der Waals surface area contributed by atoms with Gasteiger partial charge in [0.2, 0.25) is 5.91 Å². The minimum Gasteiger partial charge on any atom is -0.352 e. The van der Waals surface area contributed by atoms with Crippen LogP contribution in [-0.4, -0.2) is 39.3 Å². The number of pyridine rings is 2. The first-order valence-electron chi connectivity index (χ1n) is 10.5. The van der Waals surface area contributed by atoms with Crippen LogP contribution in [0.25, 0.3) is 5.65 Å². The number of unbranched alkanes of at least 4 members (excludes halogenated alkanes) is 1. The number of amides is 2. The molecule has 3 aromatic rings. The lowest BCUT2D eigenvalue weighted by molar-refractivity contribution is -0.116. The second kappa shape index (κ2) is 10.0. The third-order valence-corrected chi connectivity index (χ3v) is 5.02. The summed E-state index contributed by atoms with van der Waals surface area (Å²) in [7, 11) is 0. The number of nitrogens with zero attached hydrogens (tertiary/aromatic N) is 4. The maximum absolute atomic E-state index is 12.7. The van der Waals surface area contributed by atoms with E-state index < -0.39 is 0 Å². The molecule has 0 radical (unpaired) electrons. The van der Waals surface area contributed by atoms with Crippen LogP contribution >= 0.6 is 0 Å². The van der Waals surface area contributed by atoms with E-state index in [1.165, 1.54) is 0 Å². The topological polar surface area (TPSA) is 79.6 Å². The van der Waals surface area contributed by atoms with Crippen molar-refractivity contribution in [1.29, 1.82) is 0 Å². The molecule has 0 fully saturated rings. The summed E-state index contributed by atoms with van der Waals surface area (Å²) in [5.74, 6) is 0.579. The number of imidazole rings is 1. The van der Waals surface area contributed by atoms with Crippen LogP contribution in [-0.2, 0) is 17.6 Å². The number of hydrogen-bond donors (Lipinski definition) is 1. The van der Waals surface area contributed by atoms with Crippen molar-refractivity contribution in [3.8, 4) is 0 Å². The molecule has 0 aliphatic carbocycles. The second-order valence-electron chi connectivity index (χ2n) is 7.23. The molecular weight excluding hydrogens is 378 g/mol. The Bertz CT molecular complexity index is 1010. The molecule has 0 aliphatic rings. The average molecular weight is 408 g/mol. The maximum Gasteiger partial charge on any atom is 0.252 e. The van der Waals surface area contributed by atoms with Gasteiger partial charge in [-0.05, 0) is 37.1 Å². The van der Waals surface area contributed by atoms with Crippen molar-refractivity contribution in [2.75, 3.05) is 18.0 Å². The van der Waals surface area contributed by atoms with Crippen molar-refractivity contribution in [3.05, 3.63) is 59.7 Å². The van der Waals surface area contributed by atoms with Gasteiger partial charge in [-0.1, -0.05) is 26.3 Å². The van der Waals surface area contributed by atoms with Gasteiger partial charge in [0.05, 0.1) is 11.3 Å². The van der Waals surface area contributed by atoms with E-state index in [2.05, 4.69) is 22.2 Å². The first kappa shape index (κ1) is 21.5. The van der Waals surface area contributed by atoms with Crippen LogP contribution < -0.4 is 10.2 Å². The molecule has 0 saturated carbocycles. The molecule has 3 rings (SSSR count). The lowest BCUT2D eigenvalue weighted by Gasteiger charge is -2.21. The Morgan fingerprint density at radius 2 is 2.00 bits per heavy atom. The fraction of sp³-hybridized carbons (Fsp3) is 0.391. The highest BCUT2D eigenvalue weighted by atomic mass is 16.2. The van der Waals surface area contributed by atoms with E-state index in [1.54, 1.807) is 30.3 Å². The molecule has 7 heteroatoms. The molecule has 1 N–H and O–H groups in total. The molecule has 7 nitrogen and oxygen atoms in total. The van der Waals surface area contributed by atoms with Gasteiger partial charge >= 0.3 is 0 Å². The Morgan fingerprint density at radius 1 is 1.17 bits per heavy atom. The van der Waals surface area contributed by atoms with Gasteiger partial charge in [-0.3, -0.25) is 23.9 Å². The molecule has 30 heavy (non-hydrogen) atoms. The Hall–Kier alpha value is -3.22. The van der Waals surface area contributed by atoms with Gasteiger partial charge < -0.3 is 5.32 Å². The smallest absolute Gasteiger partial charge is 0.252 e. The van der Waals surface area contributed by atoms with E-state index >= 15 is 0 Å². The number of carbonyl (C=O) groups excluding carboxylic acids is 2. The van der Waals surface area contributed by atoms with Gasteiger partial charge in [0, 0.05) is 44.5 Å². The van der Waals surface area contributed by atoms with Crippen LogP contribution in [0.3, 0.4) is 0 Å². The highest BCUT2D eigenvalue weighted by molar-refractivity contribution is 5.95. The van der Waals surface area contributed by atoms with E-state index in [1.807, 2.05) is 35.6 Å². The van der Waals surface area contributed by atoms with E-state index in [0.717, 1.165) is 35.7 Å². The van der Waals surface area contributed by atoms with Gasteiger partial charge in [0.25, 0.3) is 5.91 Å². The first-order valence-corrected chi connectivity index (χ1v) is 10.5. The molecule has 2 amide bonds. The molecule has 158 valence electrons. The molecule has 0 bridgehead atoms. The number of anilines is 1. The fourth-order valence-electron chi connectivity index (χ4n) is 3.42. The Labute approximate surface area is 177 Å². The van der Waals surface area contributed by atoms with Crippen LogP contribution in [0, 0.1) is 0 Å². The quantitative estimate of drug-likeness (QED) is 0.589. The van der Waals surface area contributed by atoms with Crippen LogP contribution in [0.1, 0.15) is 55.4 Å². The monoisotopic (exact) mass is 407 g/mol. The summed E-state index contributed by atoms with van der Waals surface area (Å²) in [6.45, 7) is 6.83. The van der Waals surface area contributed by atoms with Crippen molar-refractivity contribution in [2.45, 2.75) is 46.5 Å². The van der Waals surface area contributed by atoms with E-state index in [-0.39, 0.29) is 11.8 Å². The zero-order chi connectivity index (χ0) is 21.5. The van der Waals surface area contributed by atoms with Crippen molar-refractivity contribution < 1.29 is 9.59 Å². The summed E-state index contributed by atoms with van der Waals surface area (Å²) in [5, 5.41) is 2.95. The third-order valence-electron chi connectivity index (χ3n) is 5.02. The predicted molar refractivity (Wildman–Crippen MR) is 118 cm³/mol. The highest BCUT2D eigenvalue weighted by Crippen LogP contribution is 2.25. The summed E-state index contributed by atoms with van der Waals surface area (Å²) in [5.41, 5.74) is 3.05. The van der Waals surface area contributed by atoms with Crippen molar-refractivity contribution in [1.82, 2.24) is 19.7 Å². The molecular formula is C23H29N5O2. The molecule has 0 spiro atoms. The molecule has 0 unspecified atom stereocenters. The summed E-state index contributed by atoms with van der Waals surface area (Å²) in [4.78, 5) is 35.8. The highest BCUT2D eigenvalue weighted by Gasteiger charge is 2.21. The third kappa shape index (κ3) is 4.84. The summed E-state index contributed by atoms with van der Waals surface area (Å²) >= 11 is 0. The lowest BCUT2D eigenvalue weighted by Crippen LogP contribution is -2.31. The van der Waals surface area contributed by atoms with Gasteiger partial charge in [-0.2, -0.15) is 0 Å². The number of fused-ring (bicyclic) bond motifs is 1. The molecule has 0 aliphatic heterocycles. The van der Waals surface area contributed by atoms with Gasteiger partial charge in [-0.15, -0.1) is 0 Å². The number of aromatic nitrogens is 3. The zero-order valence-electron chi connectivity index (χ0n) is 17.9. The second-order valence-corrected chi connectivity index (χ2v) is 7.23. The minimum atomic E-state index is -0.159. The van der Waals surface area contributed by atoms with Crippen LogP contribution in [0.5, 0.6) is 0 Å². The maximum atomic E-state index is 12.7. The number of aryl methyl sites for hydroxylation is 1. The van der Waals surface area contributed by atoms with Crippen molar-refractivity contribution in [3.63, 3.8) is 0 Å². The molecule has 3 heterocycles. The standard InChI is InChI=1S/C23H29N5O2/c1-4-6-15-27(17(3)29)23-20(5-2)26-21-11-10-18(16-28(21)23)22(30)25-14-12-19-9-7-8-13-24-19/h7-11,13,16H,4-6,12,14-15H2,1-3H3,(H,25,30). The molecule has 0 saturated heterocycles. The number of hydrogen-bond acceptors (Lipinski definition) is 4. The normalized spacial score (nSPS) is 10.9. The SMILES string of the molecule is CCCCN(C(C)=O)c1c(CC)nc2ccc(C(=O)NCCc3ccccn3)cn12. The van der Waals surface area contributed by atoms with Crippen LogP contribution in [0.15, 0.2) is 42.7 Å². The largest absolute Gasteiger partial charge is 0.352 e. The number of carbonyl (C=O) groups is 2. The summed E-state index contributed by atoms with van der Waals surface area (Å²) in [6.07, 6.45) is 6.79. The van der Waals surface area contributed by atoms with Crippen molar-refractivity contribution >= 4 is 23.3 Å². The fourth-order valence-corrected chi connectivity index (χ4v) is 3.42. The summed E-state index contributed by atoms with van der Waals surface area (Å²) < 4.78 is 1.86. The average Bonchev–Trinajstić information content (AvgIpc) is 3.12. The molecule has 0 atom stereocenters. The minimum absolute atomic E-state index is 0.0230. The Balaban J connectivity index is 1.84. The first-order chi connectivity index (χ1) is 14.5. The van der Waals surface area contributed by atoms with Crippen molar-refractivity contribution in [2.24, 2.45) is 0 Å². The molecule has 3 aromatic heterocycles. The number of nitrogens with one attached hydrogen (secondary N) is 1. The Morgan fingerprint density at radius 3 is 2.67 bits per heavy atom. The van der Waals surface area contributed by atoms with Gasteiger partial charge in [0.1, 0.15) is 11.5 Å². The van der Waals surface area contributed by atoms with Crippen LogP contribution in [0.2, 0.25) is 0 Å². The van der Waals surface area contributed by atoms with Gasteiger partial charge in [0.15, 0.2) is 0 Å². The Kier molecular flexibility index (Phi) is 7.17. The predicted octanol–water partition coefficient (Wildman–Crippen LogP) is 3.42. The lowest BCUT2D eigenvalue weighted by atomic mass is 10.2. The number of rotatable bonds is 9. The zero-order valence-corrected chi connectivity index (χ0v) is 17.9.